The number of carbonyl (C=O) groups excluding carboxylic acids is 2. The van der Waals surface area contributed by atoms with E-state index in [0.29, 0.717) is 23.9 Å². The highest BCUT2D eigenvalue weighted by Gasteiger charge is 2.30. The molecule has 0 rings (SSSR count). The molecule has 0 aliphatic heterocycles. The summed E-state index contributed by atoms with van der Waals surface area (Å²) in [5.41, 5.74) is 0. The van der Waals surface area contributed by atoms with Crippen molar-refractivity contribution in [2.45, 2.75) is 303 Å². The van der Waals surface area contributed by atoms with Crippen LogP contribution in [0.2, 0.25) is 0 Å². The number of esters is 1. The zero-order chi connectivity index (χ0) is 56.4. The van der Waals surface area contributed by atoms with Crippen molar-refractivity contribution < 1.29 is 37.3 Å². The lowest BCUT2D eigenvalue weighted by Gasteiger charge is -2.27. The quantitative estimate of drug-likeness (QED) is 0.0205. The molecule has 0 fully saturated rings. The predicted octanol–water partition coefficient (Wildman–Crippen LogP) is 20.0. The van der Waals surface area contributed by atoms with Gasteiger partial charge < -0.3 is 19.4 Å². The standard InChI is InChI=1S/C67H123N2O7P/c1-7-10-13-16-19-22-25-28-30-32-33-34-35-37-38-41-44-47-50-53-56-59-66(70)68-64(63-75-77(72,73)74-62-61-69(4,5)6)65(58-55-52-49-46-43-40-27-24-21-18-15-12-9-3)76-67(71)60-57-54-51-48-45-42-39-36-31-29-26-23-20-17-14-11-8-2/h11,14,20,23,29,31,39,42,48,51,55,58,64-65H,7-10,12-13,15-19,21-22,24-28,30,32-38,40-41,43-47,49-50,52-54,56-57,59-63H2,1-6H3,(H-,68,70,72,73)/p+1/b14-11-,23-20-,31-29-,42-39-,51-48-,58-55+. The normalized spacial score (nSPS) is 14.1. The van der Waals surface area contributed by atoms with Crippen LogP contribution in [0, 0.1) is 0 Å². The molecule has 0 aliphatic carbocycles. The number of unbranched alkanes of at least 4 members (excludes halogenated alkanes) is 32. The number of allylic oxidation sites excluding steroid dienone is 11. The molecule has 0 spiro atoms. The van der Waals surface area contributed by atoms with Crippen LogP contribution in [0.1, 0.15) is 290 Å². The van der Waals surface area contributed by atoms with Crippen LogP contribution in [-0.2, 0) is 27.9 Å². The molecule has 0 bridgehead atoms. The summed E-state index contributed by atoms with van der Waals surface area (Å²) in [6.07, 6.45) is 73.4. The van der Waals surface area contributed by atoms with Gasteiger partial charge in [0.25, 0.3) is 0 Å². The topological polar surface area (TPSA) is 111 Å². The van der Waals surface area contributed by atoms with E-state index in [1.54, 1.807) is 0 Å². The van der Waals surface area contributed by atoms with E-state index >= 15 is 0 Å². The van der Waals surface area contributed by atoms with Crippen molar-refractivity contribution in [2.75, 3.05) is 40.9 Å². The number of quaternary nitrogens is 1. The van der Waals surface area contributed by atoms with Crippen molar-refractivity contribution in [3.05, 3.63) is 72.9 Å². The zero-order valence-corrected chi connectivity index (χ0v) is 52.1. The molecule has 0 saturated heterocycles. The Morgan fingerprint density at radius 2 is 0.844 bits per heavy atom. The van der Waals surface area contributed by atoms with Gasteiger partial charge in [0, 0.05) is 12.8 Å². The van der Waals surface area contributed by atoms with Gasteiger partial charge in [0.15, 0.2) is 0 Å². The largest absolute Gasteiger partial charge is 0.472 e. The molecular weight excluding hydrogens is 976 g/mol. The molecule has 3 unspecified atom stereocenters. The number of nitrogens with one attached hydrogen (secondary N) is 1. The van der Waals surface area contributed by atoms with E-state index in [4.69, 9.17) is 13.8 Å². The summed E-state index contributed by atoms with van der Waals surface area (Å²) in [4.78, 5) is 37.7. The number of ether oxygens (including phenoxy) is 1. The van der Waals surface area contributed by atoms with Crippen LogP contribution >= 0.6 is 7.82 Å². The molecule has 0 heterocycles. The Hall–Kier alpha value is -2.55. The third-order valence-corrected chi connectivity index (χ3v) is 15.1. The van der Waals surface area contributed by atoms with Crippen molar-refractivity contribution in [1.29, 1.82) is 0 Å². The van der Waals surface area contributed by atoms with Gasteiger partial charge in [-0.05, 0) is 70.3 Å². The van der Waals surface area contributed by atoms with Gasteiger partial charge in [0.05, 0.1) is 33.8 Å². The van der Waals surface area contributed by atoms with Gasteiger partial charge in [0.1, 0.15) is 19.3 Å². The molecule has 448 valence electrons. The first-order valence-corrected chi connectivity index (χ1v) is 33.8. The predicted molar refractivity (Wildman–Crippen MR) is 332 cm³/mol. The highest BCUT2D eigenvalue weighted by Crippen LogP contribution is 2.43. The number of hydrogen-bond acceptors (Lipinski definition) is 6. The monoisotopic (exact) mass is 1100 g/mol. The van der Waals surface area contributed by atoms with Gasteiger partial charge in [0.2, 0.25) is 5.91 Å². The Morgan fingerprint density at radius 3 is 1.26 bits per heavy atom. The van der Waals surface area contributed by atoms with Crippen LogP contribution in [0.25, 0.3) is 0 Å². The number of phosphoric ester groups is 1. The van der Waals surface area contributed by atoms with Crippen LogP contribution in [0.3, 0.4) is 0 Å². The smallest absolute Gasteiger partial charge is 0.456 e. The second-order valence-electron chi connectivity index (χ2n) is 22.9. The second-order valence-corrected chi connectivity index (χ2v) is 24.4. The molecule has 0 radical (unpaired) electrons. The first kappa shape index (κ1) is 74.5. The molecule has 77 heavy (non-hydrogen) atoms. The fourth-order valence-corrected chi connectivity index (χ4v) is 9.95. The molecule has 3 atom stereocenters. The third kappa shape index (κ3) is 57.9. The molecule has 9 nitrogen and oxygen atoms in total. The highest BCUT2D eigenvalue weighted by atomic mass is 31.2. The Kier molecular flexibility index (Phi) is 54.8. The first-order valence-electron chi connectivity index (χ1n) is 32.3. The molecule has 10 heteroatoms. The number of phosphoric acid groups is 1. The second kappa shape index (κ2) is 56.7. The summed E-state index contributed by atoms with van der Waals surface area (Å²) in [6.45, 7) is 6.89. The van der Waals surface area contributed by atoms with Crippen molar-refractivity contribution in [2.24, 2.45) is 0 Å². The number of nitrogens with zero attached hydrogens (tertiary/aromatic N) is 1. The summed E-state index contributed by atoms with van der Waals surface area (Å²) in [5, 5.41) is 3.05. The highest BCUT2D eigenvalue weighted by molar-refractivity contribution is 7.47. The number of likely N-dealkylation sites (N-methyl/N-ethyl adjacent to an activating group) is 1. The lowest BCUT2D eigenvalue weighted by Crippen LogP contribution is -2.47. The maximum atomic E-state index is 13.6. The van der Waals surface area contributed by atoms with Gasteiger partial charge in [-0.2, -0.15) is 0 Å². The van der Waals surface area contributed by atoms with E-state index in [9.17, 15) is 19.0 Å². The summed E-state index contributed by atoms with van der Waals surface area (Å²) in [5.74, 6) is -0.565. The Labute approximate surface area is 476 Å². The summed E-state index contributed by atoms with van der Waals surface area (Å²) < 4.78 is 30.7. The molecule has 0 aliphatic rings. The van der Waals surface area contributed by atoms with Crippen molar-refractivity contribution in [3.63, 3.8) is 0 Å². The summed E-state index contributed by atoms with van der Waals surface area (Å²) in [6, 6.07) is -0.872. The van der Waals surface area contributed by atoms with Crippen LogP contribution in [0.5, 0.6) is 0 Å². The van der Waals surface area contributed by atoms with Gasteiger partial charge in [-0.15, -0.1) is 0 Å². The Balaban J connectivity index is 5.28. The van der Waals surface area contributed by atoms with E-state index in [2.05, 4.69) is 86.8 Å². The van der Waals surface area contributed by atoms with Gasteiger partial charge >= 0.3 is 13.8 Å². The fraction of sp³-hybridized carbons (Fsp3) is 0.791. The zero-order valence-electron chi connectivity index (χ0n) is 51.2. The molecule has 0 aromatic rings. The number of hydrogen-bond donors (Lipinski definition) is 2. The SMILES string of the molecule is CC/C=C\C/C=C\C/C=C\C/C=C\C/C=C\CCCC(=O)OC(/C=C/CCCCCCCCCCCCC)C(COP(=O)(O)OCC[N+](C)(C)C)NC(=O)CCCCCCCCCCCCCCCCCCCCCCC. The third-order valence-electron chi connectivity index (χ3n) is 14.2. The minimum Gasteiger partial charge on any atom is -0.456 e. The average molecular weight is 1100 g/mol. The maximum absolute atomic E-state index is 13.6. The minimum atomic E-state index is -4.46. The summed E-state index contributed by atoms with van der Waals surface area (Å²) >= 11 is 0. The van der Waals surface area contributed by atoms with Crippen molar-refractivity contribution >= 4 is 19.7 Å². The van der Waals surface area contributed by atoms with Crippen LogP contribution in [0.15, 0.2) is 72.9 Å². The number of carbonyl (C=O) groups is 2. The van der Waals surface area contributed by atoms with Crippen LogP contribution in [-0.4, -0.2) is 74.3 Å². The van der Waals surface area contributed by atoms with E-state index < -0.39 is 20.0 Å². The minimum absolute atomic E-state index is 0.0307. The van der Waals surface area contributed by atoms with Gasteiger partial charge in [-0.1, -0.05) is 280 Å². The molecule has 0 aromatic heterocycles. The van der Waals surface area contributed by atoms with Crippen LogP contribution in [0.4, 0.5) is 0 Å². The lowest BCUT2D eigenvalue weighted by molar-refractivity contribution is -0.870. The van der Waals surface area contributed by atoms with Gasteiger partial charge in [-0.25, -0.2) is 4.57 Å². The van der Waals surface area contributed by atoms with E-state index in [0.717, 1.165) is 77.0 Å². The van der Waals surface area contributed by atoms with E-state index in [1.807, 2.05) is 33.3 Å². The van der Waals surface area contributed by atoms with E-state index in [-0.39, 0.29) is 31.5 Å². The Morgan fingerprint density at radius 1 is 0.468 bits per heavy atom. The number of rotatable bonds is 58. The first-order chi connectivity index (χ1) is 37.4. The van der Waals surface area contributed by atoms with E-state index in [1.165, 1.54) is 173 Å². The molecule has 2 N–H and O–H groups in total. The summed E-state index contributed by atoms with van der Waals surface area (Å²) in [7, 11) is 1.47. The molecule has 0 aromatic carbocycles. The van der Waals surface area contributed by atoms with Crippen molar-refractivity contribution in [3.8, 4) is 0 Å². The molecule has 1 amide bonds. The average Bonchev–Trinajstić information content (AvgIpc) is 3.39. The maximum Gasteiger partial charge on any atom is 0.472 e. The van der Waals surface area contributed by atoms with Crippen molar-refractivity contribution in [1.82, 2.24) is 5.32 Å². The Bertz CT molecular complexity index is 1550. The lowest BCUT2D eigenvalue weighted by atomic mass is 10.0. The molecular formula is C67H124N2O7P+. The number of amides is 1. The van der Waals surface area contributed by atoms with Crippen LogP contribution < -0.4 is 5.32 Å². The fourth-order valence-electron chi connectivity index (χ4n) is 9.21. The van der Waals surface area contributed by atoms with Gasteiger partial charge in [-0.3, -0.25) is 18.6 Å². The molecule has 0 saturated carbocycles.